The first-order valence-corrected chi connectivity index (χ1v) is 5.08. The molecule has 0 aromatic heterocycles. The van der Waals surface area contributed by atoms with Crippen molar-refractivity contribution in [3.63, 3.8) is 0 Å². The van der Waals surface area contributed by atoms with Crippen LogP contribution in [0.25, 0.3) is 0 Å². The lowest BCUT2D eigenvalue weighted by atomic mass is 10.2. The molecule has 1 atom stereocenters. The Morgan fingerprint density at radius 1 is 1.57 bits per heavy atom. The minimum absolute atomic E-state index is 0.0404. The third-order valence-electron chi connectivity index (χ3n) is 1.81. The van der Waals surface area contributed by atoms with Crippen LogP contribution >= 0.6 is 0 Å². The van der Waals surface area contributed by atoms with Gasteiger partial charge >= 0.3 is 5.97 Å². The van der Waals surface area contributed by atoms with E-state index >= 15 is 0 Å². The van der Waals surface area contributed by atoms with Gasteiger partial charge in [-0.3, -0.25) is 0 Å². The van der Waals surface area contributed by atoms with Gasteiger partial charge in [0.25, 0.3) is 0 Å². The Labute approximate surface area is 86.1 Å². The smallest absolute Gasteiger partial charge is 0.332 e. The lowest BCUT2D eigenvalue weighted by Crippen LogP contribution is -2.17. The van der Waals surface area contributed by atoms with Crippen LogP contribution in [0.15, 0.2) is 12.7 Å². The van der Waals surface area contributed by atoms with Crippen LogP contribution in [0.4, 0.5) is 0 Å². The Bertz CT molecular complexity index is 166. The molecule has 0 saturated heterocycles. The van der Waals surface area contributed by atoms with E-state index in [1.54, 1.807) is 6.08 Å². The number of hydrogen-bond acceptors (Lipinski definition) is 3. The first-order chi connectivity index (χ1) is 6.70. The minimum Gasteiger partial charge on any atom is -0.460 e. The molecule has 0 saturated carbocycles. The van der Waals surface area contributed by atoms with E-state index in [9.17, 15) is 4.79 Å². The highest BCUT2D eigenvalue weighted by Crippen LogP contribution is 2.03. The highest BCUT2D eigenvalue weighted by molar-refractivity contribution is 5.70. The normalized spacial score (nSPS) is 12.1. The molecule has 0 rings (SSSR count). The van der Waals surface area contributed by atoms with Gasteiger partial charge in [-0.05, 0) is 13.3 Å². The van der Waals surface area contributed by atoms with Crippen molar-refractivity contribution >= 4 is 5.97 Å². The van der Waals surface area contributed by atoms with Gasteiger partial charge in [-0.25, -0.2) is 4.79 Å². The third kappa shape index (κ3) is 7.80. The van der Waals surface area contributed by atoms with E-state index in [2.05, 4.69) is 13.5 Å². The summed E-state index contributed by atoms with van der Waals surface area (Å²) in [6.45, 7) is 7.84. The zero-order chi connectivity index (χ0) is 10.8. The van der Waals surface area contributed by atoms with E-state index in [-0.39, 0.29) is 25.3 Å². The third-order valence-corrected chi connectivity index (χ3v) is 1.81. The average molecular weight is 200 g/mol. The average Bonchev–Trinajstić information content (AvgIpc) is 2.20. The van der Waals surface area contributed by atoms with E-state index in [4.69, 9.17) is 9.47 Å². The lowest BCUT2D eigenvalue weighted by Gasteiger charge is -2.11. The molecule has 0 aliphatic carbocycles. The number of rotatable bonds is 8. The van der Waals surface area contributed by atoms with Gasteiger partial charge in [-0.15, -0.1) is 0 Å². The Kier molecular flexibility index (Phi) is 8.24. The van der Waals surface area contributed by atoms with Gasteiger partial charge in [-0.1, -0.05) is 32.4 Å². The molecular formula is C11H20O3. The van der Waals surface area contributed by atoms with E-state index in [0.29, 0.717) is 0 Å². The zero-order valence-corrected chi connectivity index (χ0v) is 9.12. The fraction of sp³-hybridized carbons (Fsp3) is 0.727. The summed E-state index contributed by atoms with van der Waals surface area (Å²) in [4.78, 5) is 11.0. The van der Waals surface area contributed by atoms with Gasteiger partial charge in [0, 0.05) is 0 Å². The van der Waals surface area contributed by atoms with Gasteiger partial charge in [0.2, 0.25) is 0 Å². The Morgan fingerprint density at radius 3 is 2.86 bits per heavy atom. The molecule has 0 fully saturated rings. The Balaban J connectivity index is 3.40. The highest BCUT2D eigenvalue weighted by atomic mass is 16.6. The maximum absolute atomic E-state index is 11.0. The second-order valence-corrected chi connectivity index (χ2v) is 3.24. The number of esters is 1. The molecule has 0 aromatic rings. The largest absolute Gasteiger partial charge is 0.460 e. The van der Waals surface area contributed by atoms with E-state index in [0.717, 1.165) is 19.3 Å². The van der Waals surface area contributed by atoms with Crippen LogP contribution in [0.3, 0.4) is 0 Å². The van der Waals surface area contributed by atoms with Crippen molar-refractivity contribution in [1.29, 1.82) is 0 Å². The van der Waals surface area contributed by atoms with Crippen molar-refractivity contribution in [1.82, 2.24) is 0 Å². The van der Waals surface area contributed by atoms with Crippen molar-refractivity contribution in [3.8, 4) is 0 Å². The lowest BCUT2D eigenvalue weighted by molar-refractivity contribution is -0.149. The van der Waals surface area contributed by atoms with Gasteiger partial charge in [-0.2, -0.15) is 0 Å². The molecule has 3 heteroatoms. The molecule has 0 bridgehead atoms. The molecule has 0 amide bonds. The monoisotopic (exact) mass is 200 g/mol. The van der Waals surface area contributed by atoms with Crippen LogP contribution in [0.1, 0.15) is 33.1 Å². The van der Waals surface area contributed by atoms with Gasteiger partial charge in [0.1, 0.15) is 13.2 Å². The van der Waals surface area contributed by atoms with Crippen LogP contribution in [0, 0.1) is 0 Å². The van der Waals surface area contributed by atoms with Crippen molar-refractivity contribution in [2.45, 2.75) is 39.2 Å². The molecule has 0 N–H and O–H groups in total. The molecule has 1 unspecified atom stereocenters. The summed E-state index contributed by atoms with van der Waals surface area (Å²) in [5.74, 6) is -0.326. The molecule has 0 heterocycles. The predicted molar refractivity (Wildman–Crippen MR) is 56.1 cm³/mol. The second-order valence-electron chi connectivity index (χ2n) is 3.24. The molecule has 0 radical (unpaired) electrons. The molecule has 14 heavy (non-hydrogen) atoms. The fourth-order valence-corrected chi connectivity index (χ4v) is 0.979. The van der Waals surface area contributed by atoms with Crippen molar-refractivity contribution in [2.75, 3.05) is 13.2 Å². The maximum atomic E-state index is 11.0. The number of carbonyl (C=O) groups excluding carboxylic acids is 1. The standard InChI is InChI=1S/C11H20O3/c1-4-6-7-10(3)14-9-11(12)13-8-5-2/h5,10H,2,4,6-9H2,1,3H3. The molecule has 82 valence electrons. The van der Waals surface area contributed by atoms with Gasteiger partial charge in [0.15, 0.2) is 0 Å². The van der Waals surface area contributed by atoms with E-state index in [1.807, 2.05) is 6.92 Å². The molecule has 0 aromatic carbocycles. The topological polar surface area (TPSA) is 35.5 Å². The summed E-state index contributed by atoms with van der Waals surface area (Å²) in [7, 11) is 0. The quantitative estimate of drug-likeness (QED) is 0.445. The molecule has 3 nitrogen and oxygen atoms in total. The molecule has 0 aliphatic heterocycles. The van der Waals surface area contributed by atoms with Crippen LogP contribution in [0.2, 0.25) is 0 Å². The molecule has 0 spiro atoms. The van der Waals surface area contributed by atoms with Crippen molar-refractivity contribution < 1.29 is 14.3 Å². The summed E-state index contributed by atoms with van der Waals surface area (Å²) in [5.41, 5.74) is 0. The SMILES string of the molecule is C=CCOC(=O)COC(C)CCCC. The van der Waals surface area contributed by atoms with E-state index in [1.165, 1.54) is 0 Å². The zero-order valence-electron chi connectivity index (χ0n) is 9.12. The summed E-state index contributed by atoms with van der Waals surface area (Å²) >= 11 is 0. The van der Waals surface area contributed by atoms with Crippen LogP contribution in [0.5, 0.6) is 0 Å². The first kappa shape index (κ1) is 13.2. The first-order valence-electron chi connectivity index (χ1n) is 5.08. The molecule has 0 aliphatic rings. The predicted octanol–water partition coefficient (Wildman–Crippen LogP) is 2.31. The van der Waals surface area contributed by atoms with Crippen molar-refractivity contribution in [3.05, 3.63) is 12.7 Å². The molecular weight excluding hydrogens is 180 g/mol. The number of carbonyl (C=O) groups is 1. The summed E-state index contributed by atoms with van der Waals surface area (Å²) in [6.07, 6.45) is 4.94. The fourth-order valence-electron chi connectivity index (χ4n) is 0.979. The van der Waals surface area contributed by atoms with Crippen LogP contribution < -0.4 is 0 Å². The number of unbranched alkanes of at least 4 members (excludes halogenated alkanes) is 1. The summed E-state index contributed by atoms with van der Waals surface area (Å²) < 4.78 is 10.1. The number of hydrogen-bond donors (Lipinski definition) is 0. The van der Waals surface area contributed by atoms with Crippen LogP contribution in [-0.4, -0.2) is 25.3 Å². The Morgan fingerprint density at radius 2 is 2.29 bits per heavy atom. The van der Waals surface area contributed by atoms with Crippen LogP contribution in [-0.2, 0) is 14.3 Å². The number of ether oxygens (including phenoxy) is 2. The Hall–Kier alpha value is -0.830. The van der Waals surface area contributed by atoms with Crippen molar-refractivity contribution in [2.24, 2.45) is 0 Å². The minimum atomic E-state index is -0.326. The highest BCUT2D eigenvalue weighted by Gasteiger charge is 2.06. The second kappa shape index (κ2) is 8.75. The summed E-state index contributed by atoms with van der Waals surface area (Å²) in [5, 5.41) is 0. The van der Waals surface area contributed by atoms with Gasteiger partial charge in [0.05, 0.1) is 6.10 Å². The maximum Gasteiger partial charge on any atom is 0.332 e. The summed E-state index contributed by atoms with van der Waals surface area (Å²) in [6, 6.07) is 0. The van der Waals surface area contributed by atoms with Gasteiger partial charge < -0.3 is 9.47 Å². The van der Waals surface area contributed by atoms with E-state index < -0.39 is 0 Å².